The van der Waals surface area contributed by atoms with Gasteiger partial charge in [0.1, 0.15) is 5.75 Å². The first kappa shape index (κ1) is 19.3. The molecule has 2 aromatic carbocycles. The van der Waals surface area contributed by atoms with E-state index in [4.69, 9.17) is 5.11 Å². The molecule has 2 aromatic rings. The van der Waals surface area contributed by atoms with Gasteiger partial charge in [-0.2, -0.15) is 0 Å². The van der Waals surface area contributed by atoms with Gasteiger partial charge in [-0.3, -0.25) is 0 Å². The summed E-state index contributed by atoms with van der Waals surface area (Å²) in [4.78, 5) is 0. The van der Waals surface area contributed by atoms with Crippen LogP contribution in [-0.2, 0) is 12.8 Å². The van der Waals surface area contributed by atoms with Gasteiger partial charge in [-0.05, 0) is 46.9 Å². The van der Waals surface area contributed by atoms with Crippen LogP contribution in [0, 0.1) is 10.8 Å². The summed E-state index contributed by atoms with van der Waals surface area (Å²) in [5, 5.41) is 9.05. The summed E-state index contributed by atoms with van der Waals surface area (Å²) in [6.45, 7) is 13.4. The Kier molecular flexibility index (Phi) is 6.87. The molecule has 0 bridgehead atoms. The first-order chi connectivity index (χ1) is 10.6. The Bertz CT molecular complexity index is 554. The molecule has 0 unspecified atom stereocenters. The van der Waals surface area contributed by atoms with Crippen molar-refractivity contribution in [3.05, 3.63) is 65.7 Å². The lowest BCUT2D eigenvalue weighted by Crippen LogP contribution is -2.08. The molecule has 2 rings (SSSR count). The summed E-state index contributed by atoms with van der Waals surface area (Å²) >= 11 is 0. The maximum atomic E-state index is 9.05. The topological polar surface area (TPSA) is 20.2 Å². The fourth-order valence-electron chi connectivity index (χ4n) is 2.43. The fourth-order valence-corrected chi connectivity index (χ4v) is 2.43. The van der Waals surface area contributed by atoms with Gasteiger partial charge < -0.3 is 5.11 Å². The van der Waals surface area contributed by atoms with E-state index in [-0.39, 0.29) is 0 Å². The zero-order valence-corrected chi connectivity index (χ0v) is 15.6. The first-order valence-electron chi connectivity index (χ1n) is 8.37. The standard InChI is InChI=1S/C11H16O.C11H16/c1-11(2,3)8-9-4-6-10(12)7-5-9;1-11(2,3)9-10-7-5-4-6-8-10/h4-7,12H,8H2,1-3H3;4-8H,9H2,1-3H3. The van der Waals surface area contributed by atoms with Crippen LogP contribution in [-0.4, -0.2) is 5.11 Å². The highest BCUT2D eigenvalue weighted by molar-refractivity contribution is 5.26. The van der Waals surface area contributed by atoms with Crippen LogP contribution in [0.2, 0.25) is 0 Å². The van der Waals surface area contributed by atoms with Crippen LogP contribution in [0.3, 0.4) is 0 Å². The van der Waals surface area contributed by atoms with Crippen molar-refractivity contribution in [2.45, 2.75) is 54.4 Å². The van der Waals surface area contributed by atoms with Crippen LogP contribution in [0.1, 0.15) is 52.7 Å². The van der Waals surface area contributed by atoms with E-state index in [2.05, 4.69) is 71.9 Å². The molecule has 0 fully saturated rings. The molecule has 0 spiro atoms. The Morgan fingerprint density at radius 2 is 1.00 bits per heavy atom. The molecule has 0 radical (unpaired) electrons. The zero-order chi connectivity index (χ0) is 17.5. The first-order valence-corrected chi connectivity index (χ1v) is 8.37. The summed E-state index contributed by atoms with van der Waals surface area (Å²) in [7, 11) is 0. The van der Waals surface area contributed by atoms with Crippen LogP contribution in [0.4, 0.5) is 0 Å². The summed E-state index contributed by atoms with van der Waals surface area (Å²) in [5.74, 6) is 0.340. The number of aromatic hydroxyl groups is 1. The Morgan fingerprint density at radius 1 is 0.609 bits per heavy atom. The molecule has 0 aromatic heterocycles. The molecule has 0 aliphatic rings. The molecule has 23 heavy (non-hydrogen) atoms. The third kappa shape index (κ3) is 9.78. The normalized spacial score (nSPS) is 11.6. The van der Waals surface area contributed by atoms with E-state index in [9.17, 15) is 0 Å². The molecule has 0 amide bonds. The molecule has 0 saturated carbocycles. The van der Waals surface area contributed by atoms with E-state index in [1.807, 2.05) is 12.1 Å². The number of phenols is 1. The monoisotopic (exact) mass is 312 g/mol. The van der Waals surface area contributed by atoms with Crippen molar-refractivity contribution in [1.29, 1.82) is 0 Å². The van der Waals surface area contributed by atoms with E-state index >= 15 is 0 Å². The molecule has 1 nitrogen and oxygen atoms in total. The van der Waals surface area contributed by atoms with Crippen molar-refractivity contribution in [1.82, 2.24) is 0 Å². The Balaban J connectivity index is 0.000000231. The van der Waals surface area contributed by atoms with Crippen molar-refractivity contribution in [3.8, 4) is 5.75 Å². The molecule has 1 N–H and O–H groups in total. The minimum atomic E-state index is 0.316. The van der Waals surface area contributed by atoms with Gasteiger partial charge in [-0.1, -0.05) is 84.0 Å². The molecule has 0 saturated heterocycles. The highest BCUT2D eigenvalue weighted by Gasteiger charge is 2.11. The van der Waals surface area contributed by atoms with E-state index in [1.165, 1.54) is 11.1 Å². The third-order valence-electron chi connectivity index (χ3n) is 3.25. The predicted molar refractivity (Wildman–Crippen MR) is 101 cm³/mol. The summed E-state index contributed by atoms with van der Waals surface area (Å²) in [5.41, 5.74) is 3.43. The lowest BCUT2D eigenvalue weighted by Gasteiger charge is -2.17. The molecular formula is C22H32O. The second kappa shape index (κ2) is 8.19. The average Bonchev–Trinajstić information content (AvgIpc) is 2.40. The van der Waals surface area contributed by atoms with Gasteiger partial charge in [0.15, 0.2) is 0 Å². The molecule has 126 valence electrons. The molecule has 0 heterocycles. The van der Waals surface area contributed by atoms with E-state index < -0.39 is 0 Å². The van der Waals surface area contributed by atoms with Gasteiger partial charge >= 0.3 is 0 Å². The quantitative estimate of drug-likeness (QED) is 0.694. The van der Waals surface area contributed by atoms with E-state index in [1.54, 1.807) is 12.1 Å². The maximum Gasteiger partial charge on any atom is 0.115 e. The van der Waals surface area contributed by atoms with Gasteiger partial charge in [0.05, 0.1) is 0 Å². The van der Waals surface area contributed by atoms with Crippen molar-refractivity contribution in [2.24, 2.45) is 10.8 Å². The number of phenolic OH excluding ortho intramolecular Hbond substituents is 1. The van der Waals surface area contributed by atoms with Crippen molar-refractivity contribution in [3.63, 3.8) is 0 Å². The second-order valence-electron chi connectivity index (χ2n) is 8.63. The summed E-state index contributed by atoms with van der Waals surface area (Å²) in [6.07, 6.45) is 2.21. The number of hydrogen-bond acceptors (Lipinski definition) is 1. The molecule has 1 heteroatoms. The van der Waals surface area contributed by atoms with Crippen molar-refractivity contribution >= 4 is 0 Å². The highest BCUT2D eigenvalue weighted by Crippen LogP contribution is 2.21. The van der Waals surface area contributed by atoms with Gasteiger partial charge in [0, 0.05) is 0 Å². The van der Waals surface area contributed by atoms with Crippen LogP contribution in [0.25, 0.3) is 0 Å². The van der Waals surface area contributed by atoms with Crippen molar-refractivity contribution < 1.29 is 5.11 Å². The van der Waals surface area contributed by atoms with Crippen LogP contribution in [0.15, 0.2) is 54.6 Å². The second-order valence-corrected chi connectivity index (χ2v) is 8.63. The summed E-state index contributed by atoms with van der Waals surface area (Å²) in [6, 6.07) is 18.0. The number of benzene rings is 2. The van der Waals surface area contributed by atoms with Crippen molar-refractivity contribution in [2.75, 3.05) is 0 Å². The van der Waals surface area contributed by atoms with Gasteiger partial charge in [0.2, 0.25) is 0 Å². The van der Waals surface area contributed by atoms with E-state index in [0.29, 0.717) is 16.6 Å². The molecule has 0 aliphatic heterocycles. The maximum absolute atomic E-state index is 9.05. The van der Waals surface area contributed by atoms with Gasteiger partial charge in [-0.15, -0.1) is 0 Å². The van der Waals surface area contributed by atoms with Crippen LogP contribution < -0.4 is 0 Å². The minimum Gasteiger partial charge on any atom is -0.508 e. The summed E-state index contributed by atoms with van der Waals surface area (Å²) < 4.78 is 0. The zero-order valence-electron chi connectivity index (χ0n) is 15.6. The Morgan fingerprint density at radius 3 is 1.39 bits per heavy atom. The fraction of sp³-hybridized carbons (Fsp3) is 0.455. The van der Waals surface area contributed by atoms with Gasteiger partial charge in [0.25, 0.3) is 0 Å². The van der Waals surface area contributed by atoms with Gasteiger partial charge in [-0.25, -0.2) is 0 Å². The Hall–Kier alpha value is -1.76. The largest absolute Gasteiger partial charge is 0.508 e. The molecular weight excluding hydrogens is 280 g/mol. The number of hydrogen-bond donors (Lipinski definition) is 1. The lowest BCUT2D eigenvalue weighted by molar-refractivity contribution is 0.410. The Labute approximate surface area is 142 Å². The SMILES string of the molecule is CC(C)(C)Cc1ccc(O)cc1.CC(C)(C)Cc1ccccc1. The van der Waals surface area contributed by atoms with Crippen LogP contribution in [0.5, 0.6) is 5.75 Å². The minimum absolute atomic E-state index is 0.316. The molecule has 0 aliphatic carbocycles. The van der Waals surface area contributed by atoms with E-state index in [0.717, 1.165) is 12.8 Å². The average molecular weight is 312 g/mol. The lowest BCUT2D eigenvalue weighted by atomic mass is 9.88. The predicted octanol–water partition coefficient (Wildman–Crippen LogP) is 6.26. The smallest absolute Gasteiger partial charge is 0.115 e. The third-order valence-corrected chi connectivity index (χ3v) is 3.25. The molecule has 0 atom stereocenters. The van der Waals surface area contributed by atoms with Crippen LogP contribution >= 0.6 is 0 Å². The highest BCUT2D eigenvalue weighted by atomic mass is 16.3. The number of rotatable bonds is 2.